The summed E-state index contributed by atoms with van der Waals surface area (Å²) in [6, 6.07) is 48.8. The van der Waals surface area contributed by atoms with Crippen molar-refractivity contribution in [2.24, 2.45) is 0 Å². The molecule has 2 aromatic heterocycles. The van der Waals surface area contributed by atoms with Gasteiger partial charge in [-0.2, -0.15) is 0 Å². The van der Waals surface area contributed by atoms with E-state index in [0.29, 0.717) is 68.3 Å². The topological polar surface area (TPSA) is 314 Å². The van der Waals surface area contributed by atoms with Crippen LogP contribution in [0.3, 0.4) is 0 Å². The van der Waals surface area contributed by atoms with Crippen LogP contribution < -0.4 is 20.8 Å². The number of aromatic nitrogens is 2. The number of nitrogens with zero attached hydrogens (tertiary/aromatic N) is 2. The van der Waals surface area contributed by atoms with Crippen molar-refractivity contribution in [3.63, 3.8) is 0 Å². The molecule has 1 unspecified atom stereocenters. The van der Waals surface area contributed by atoms with Crippen LogP contribution in [0, 0.1) is 11.6 Å². The van der Waals surface area contributed by atoms with Crippen LogP contribution in [0.1, 0.15) is 136 Å². The Morgan fingerprint density at radius 2 is 0.940 bits per heavy atom. The SMILES string of the molecule is CC(C)c1c(C(=O)Nc2ccccc2)c(-c2ccccc2)c(-c2ccc(F)cc2)n1CC[C@@H](O)C[C@@H](O)CC(=O)[O-].CCCCCOC1O[C@H](C(=O)O[C@@H](CC(=O)[O-])C[C@H](O)CCn2c(-c3ccc(F)cc3)c(-c3ccccc3)c(C(=O)Nc3ccccc3)c2C(C)C)[C@@H](O)[C@H](O)[C@H]1O.[Ca+2]. The maximum absolute atomic E-state index is 14.4. The van der Waals surface area contributed by atoms with Crippen LogP contribution >= 0.6 is 0 Å². The number of aliphatic hydroxyl groups excluding tert-OH is 6. The Morgan fingerprint density at radius 3 is 1.34 bits per heavy atom. The predicted molar refractivity (Wildman–Crippen MR) is 371 cm³/mol. The number of amides is 2. The molecule has 0 aliphatic carbocycles. The van der Waals surface area contributed by atoms with Crippen LogP contribution in [0.25, 0.3) is 44.8 Å². The fourth-order valence-corrected chi connectivity index (χ4v) is 12.4. The Bertz CT molecular complexity index is 3940. The zero-order valence-electron chi connectivity index (χ0n) is 56.6. The average molecular weight is 1400 g/mol. The number of aliphatic carboxylic acids is 2. The van der Waals surface area contributed by atoms with E-state index in [1.807, 2.05) is 129 Å². The number of nitrogens with one attached hydrogen (secondary N) is 2. The molecule has 0 saturated carbocycles. The number of esters is 1. The van der Waals surface area contributed by atoms with Gasteiger partial charge in [0.1, 0.15) is 36.1 Å². The van der Waals surface area contributed by atoms with Gasteiger partial charge in [-0.05, 0) is 133 Å². The second-order valence-electron chi connectivity index (χ2n) is 25.2. The summed E-state index contributed by atoms with van der Waals surface area (Å²) in [6.45, 7) is 10.3. The molecule has 1 fully saturated rings. The number of carboxylic acid groups (broad SMARTS) is 2. The Kier molecular flexibility index (Phi) is 30.3. The first-order chi connectivity index (χ1) is 47.4. The van der Waals surface area contributed by atoms with Gasteiger partial charge in [-0.25, -0.2) is 13.6 Å². The molecule has 9 rings (SSSR count). The number of hydrogen-bond donors (Lipinski definition) is 8. The van der Waals surface area contributed by atoms with Gasteiger partial charge in [-0.15, -0.1) is 0 Å². The molecule has 20 nitrogen and oxygen atoms in total. The summed E-state index contributed by atoms with van der Waals surface area (Å²) in [4.78, 5) is 64.4. The monoisotopic (exact) mass is 1400 g/mol. The number of carbonyl (C=O) groups is 5. The third-order valence-corrected chi connectivity index (χ3v) is 16.9. The van der Waals surface area contributed by atoms with E-state index < -0.39 is 97.5 Å². The second kappa shape index (κ2) is 38.2. The van der Waals surface area contributed by atoms with E-state index >= 15 is 0 Å². The van der Waals surface area contributed by atoms with Crippen molar-refractivity contribution in [3.05, 3.63) is 204 Å². The van der Waals surface area contributed by atoms with Gasteiger partial charge in [0, 0.05) is 84.8 Å². The minimum Gasteiger partial charge on any atom is -0.550 e. The number of ether oxygens (including phenoxy) is 3. The molecule has 0 radical (unpaired) electrons. The van der Waals surface area contributed by atoms with E-state index in [1.54, 1.807) is 60.7 Å². The molecule has 1 aliphatic heterocycles. The molecule has 6 aromatic carbocycles. The molecule has 9 atom stereocenters. The summed E-state index contributed by atoms with van der Waals surface area (Å²) in [5.41, 5.74) is 8.82. The van der Waals surface area contributed by atoms with E-state index in [1.165, 1.54) is 24.3 Å². The summed E-state index contributed by atoms with van der Waals surface area (Å²) in [5.74, 6) is -6.08. The van der Waals surface area contributed by atoms with Crippen molar-refractivity contribution < 1.29 is 87.8 Å². The number of aliphatic hydroxyl groups is 6. The van der Waals surface area contributed by atoms with Crippen molar-refractivity contribution in [3.8, 4) is 44.8 Å². The number of para-hydroxylation sites is 2. The molecule has 0 bridgehead atoms. The van der Waals surface area contributed by atoms with E-state index in [-0.39, 0.29) is 107 Å². The Morgan fingerprint density at radius 1 is 0.530 bits per heavy atom. The minimum absolute atomic E-state index is 0. The van der Waals surface area contributed by atoms with Crippen LogP contribution in [0.2, 0.25) is 0 Å². The van der Waals surface area contributed by atoms with Gasteiger partial charge >= 0.3 is 43.7 Å². The number of carboxylic acids is 2. The third kappa shape index (κ3) is 21.1. The second-order valence-corrected chi connectivity index (χ2v) is 25.2. The Balaban J connectivity index is 0.000000294. The van der Waals surface area contributed by atoms with Crippen molar-refractivity contribution in [1.29, 1.82) is 0 Å². The van der Waals surface area contributed by atoms with Crippen LogP contribution in [0.15, 0.2) is 170 Å². The van der Waals surface area contributed by atoms with Gasteiger partial charge in [0.2, 0.25) is 0 Å². The molecule has 8 N–H and O–H groups in total. The van der Waals surface area contributed by atoms with Gasteiger partial charge in [-0.1, -0.05) is 145 Å². The number of halogens is 2. The molecule has 100 heavy (non-hydrogen) atoms. The first kappa shape index (κ1) is 79.4. The van der Waals surface area contributed by atoms with Gasteiger partial charge in [0.05, 0.1) is 40.8 Å². The van der Waals surface area contributed by atoms with Crippen molar-refractivity contribution >= 4 is 78.8 Å². The van der Waals surface area contributed by atoms with E-state index in [2.05, 4.69) is 10.6 Å². The predicted octanol–water partition coefficient (Wildman–Crippen LogP) is 9.14. The van der Waals surface area contributed by atoms with Crippen LogP contribution in [-0.4, -0.2) is 169 Å². The van der Waals surface area contributed by atoms with Gasteiger partial charge in [0.15, 0.2) is 12.4 Å². The molecule has 3 heterocycles. The standard InChI is InChI=1S/C44H53FN2O11.C33H35FN2O5.Ca/c1-4-5-12-23-56-44-40(53)38(51)39(52)41(58-44)43(55)57-32(25-33(49)50)24-31(48)21-22-47-36(26(2)3)35(42(54)46-30-15-10-7-11-16-30)34(27-13-8-6-9-14-27)37(47)28-17-19-29(45)20-18-28;1-21(2)31-30(33(41)35-25-11-7-4-8-12-25)29(22-9-5-3-6-10-22)32(23-13-15-24(34)16-14-23)36(31)18-17-26(37)19-27(38)20-28(39)40;/h6-11,13-20,26,31-32,38-41,44,48,51-53H,4-5,12,21-25H2,1-3H3,(H,46,54)(H,49,50);3-16,21,26-27,37-38H,17-20H2,1-2H3,(H,35,41)(H,39,40);/q;;+2/p-2/t31-,32-,38+,39+,40-,41+,44?;26-,27-;/m11./s1. The Hall–Kier alpha value is -7.97. The molecule has 2 amide bonds. The number of anilines is 2. The molecule has 526 valence electrons. The molecule has 0 spiro atoms. The van der Waals surface area contributed by atoms with Crippen molar-refractivity contribution in [1.82, 2.24) is 9.13 Å². The van der Waals surface area contributed by atoms with Gasteiger partial charge in [-0.3, -0.25) is 9.59 Å². The normalized spacial score (nSPS) is 17.1. The number of hydrogen-bond acceptors (Lipinski definition) is 16. The third-order valence-electron chi connectivity index (χ3n) is 16.9. The zero-order chi connectivity index (χ0) is 71.4. The molecular formula is C77H86CaF2N4O16. The molecule has 1 aliphatic rings. The van der Waals surface area contributed by atoms with E-state index in [9.17, 15) is 73.6 Å². The van der Waals surface area contributed by atoms with Crippen molar-refractivity contribution in [2.45, 2.75) is 172 Å². The Labute approximate surface area is 610 Å². The fraction of sp³-hybridized carbons (Fsp3) is 0.364. The van der Waals surface area contributed by atoms with Gasteiger partial charge < -0.3 is 84.4 Å². The van der Waals surface area contributed by atoms with E-state index in [0.717, 1.165) is 29.7 Å². The van der Waals surface area contributed by atoms with Crippen LogP contribution in [0.5, 0.6) is 0 Å². The first-order valence-electron chi connectivity index (χ1n) is 33.3. The quantitative estimate of drug-likeness (QED) is 0.0114. The summed E-state index contributed by atoms with van der Waals surface area (Å²) in [7, 11) is 0. The molecule has 8 aromatic rings. The molecule has 23 heteroatoms. The first-order valence-corrected chi connectivity index (χ1v) is 33.3. The van der Waals surface area contributed by atoms with Crippen molar-refractivity contribution in [2.75, 3.05) is 17.2 Å². The fourth-order valence-electron chi connectivity index (χ4n) is 12.4. The average Bonchev–Trinajstić information content (AvgIpc) is 1.59. The number of benzene rings is 6. The maximum Gasteiger partial charge on any atom is 2.00 e. The molecular weight excluding hydrogens is 1310 g/mol. The largest absolute Gasteiger partial charge is 2.00 e. The van der Waals surface area contributed by atoms with E-state index in [4.69, 9.17) is 14.2 Å². The summed E-state index contributed by atoms with van der Waals surface area (Å²) >= 11 is 0. The summed E-state index contributed by atoms with van der Waals surface area (Å²) < 4.78 is 48.7. The zero-order valence-corrected chi connectivity index (χ0v) is 58.8. The molecule has 1 saturated heterocycles. The van der Waals surface area contributed by atoms with Crippen LogP contribution in [0.4, 0.5) is 20.2 Å². The summed E-state index contributed by atoms with van der Waals surface area (Å²) in [6.07, 6.45) is -13.1. The number of carbonyl (C=O) groups excluding carboxylic acids is 5. The minimum atomic E-state index is -1.92. The number of unbranched alkanes of at least 4 members (excludes halogenated alkanes) is 2. The van der Waals surface area contributed by atoms with Gasteiger partial charge in [0.25, 0.3) is 11.8 Å². The maximum atomic E-state index is 14.4. The number of rotatable bonds is 31. The smallest absolute Gasteiger partial charge is 0.550 e. The summed E-state index contributed by atoms with van der Waals surface area (Å²) in [5, 5.41) is 92.3. The van der Waals surface area contributed by atoms with Crippen LogP contribution in [-0.2, 0) is 41.7 Å².